The number of unbranched alkanes of at least 4 members (excludes halogenated alkanes) is 2. The predicted molar refractivity (Wildman–Crippen MR) is 189 cm³/mol. The van der Waals surface area contributed by atoms with Crippen molar-refractivity contribution in [2.75, 3.05) is 53.8 Å². The normalized spacial score (nSPS) is 30.9. The number of carbonyl (C=O) groups is 4. The molecule has 24 nitrogen and oxygen atoms in total. The van der Waals surface area contributed by atoms with Crippen molar-refractivity contribution in [3.05, 3.63) is 53.5 Å². The number of nitrogens with one attached hydrogen (secondary N) is 4. The van der Waals surface area contributed by atoms with Crippen LogP contribution >= 0.6 is 0 Å². The minimum atomic E-state index is -0.861. The highest BCUT2D eigenvalue weighted by molar-refractivity contribution is 5.96. The summed E-state index contributed by atoms with van der Waals surface area (Å²) in [6.45, 7) is 4.85. The van der Waals surface area contributed by atoms with E-state index in [1.54, 1.807) is 39.2 Å². The molecule has 1 aromatic carbocycles. The number of amides is 8. The number of H-pyrrole nitrogens is 4. The summed E-state index contributed by atoms with van der Waals surface area (Å²) in [5, 5.41) is 8.83. The largest absolute Gasteiger partial charge is 0.340 e. The molecule has 3 aromatic rings. The van der Waals surface area contributed by atoms with Gasteiger partial charge in [0.2, 0.25) is 0 Å². The second-order valence-corrected chi connectivity index (χ2v) is 15.4. The Morgan fingerprint density at radius 3 is 0.930 bits per heavy atom. The monoisotopic (exact) mass is 794 g/mol. The van der Waals surface area contributed by atoms with E-state index in [9.17, 15) is 38.4 Å². The molecule has 0 radical (unpaired) electrons. The molecule has 302 valence electrons. The number of ether oxygens (including phenoxy) is 4. The Morgan fingerprint density at radius 2 is 0.667 bits per heavy atom. The fraction of sp³-hybridized carbons (Fsp3) is 0.576. The molecule has 57 heavy (non-hydrogen) atoms. The molecule has 0 spiro atoms. The van der Waals surface area contributed by atoms with Crippen LogP contribution in [-0.4, -0.2) is 160 Å². The Kier molecular flexibility index (Phi) is 7.32. The van der Waals surface area contributed by atoms with Crippen molar-refractivity contribution in [3.63, 3.8) is 0 Å². The number of benzene rings is 1. The number of fused-ring (bicyclic) bond motifs is 2. The van der Waals surface area contributed by atoms with E-state index >= 15 is 0 Å². The van der Waals surface area contributed by atoms with Crippen molar-refractivity contribution in [2.45, 2.75) is 68.6 Å². The topological polar surface area (TPSA) is 263 Å². The molecule has 11 rings (SSSR count). The van der Waals surface area contributed by atoms with Gasteiger partial charge < -0.3 is 18.9 Å². The molecular formula is C33H38N12O12. The quantitative estimate of drug-likeness (QED) is 0.177. The van der Waals surface area contributed by atoms with Crippen molar-refractivity contribution in [3.8, 4) is 0 Å². The minimum Gasteiger partial charge on any atom is -0.340 e. The van der Waals surface area contributed by atoms with Crippen LogP contribution in [0.25, 0.3) is 21.5 Å². The first-order chi connectivity index (χ1) is 27.3. The third-order valence-electron chi connectivity index (χ3n) is 13.3. The van der Waals surface area contributed by atoms with Crippen molar-refractivity contribution in [2.24, 2.45) is 0 Å². The Hall–Kier alpha value is -5.98. The standard InChI is InChI=1S/C23H32N8O8.C10H6N4O4/c1-20-22(28-12-38-13-29(22)17(33)25(20)9-36-8-24(20)16(28)32)6-4-3-5-7-23-21(2)26-10-37-11-27(21)19(35)31(23)15-39-14-30(23)18(26)34;15-7-3-1-4-6(10(18)14-12-8(4)16)2-5(3)9(17)13-11-7/h3-15H2,1-2H3;1-2H,(H,11,15)(H,12,16)(H,13,17)(H,14,18). The molecule has 8 aliphatic rings. The molecule has 8 amide bonds. The Bertz CT molecular complexity index is 2220. The molecule has 0 atom stereocenters. The van der Waals surface area contributed by atoms with E-state index in [0.717, 1.165) is 19.3 Å². The SMILES string of the molecule is CC12N3COCN1C(=O)N1COCN(C3=O)C12CCCCCC12N3COCN1C(=O)N1COCN(C3=O)C12C.O=c1[nH][nH]c(=O)c2cc3c(=O)[nH][nH]c(=O)c3cc12. The number of nitrogens with zero attached hydrogens (tertiary/aromatic N) is 8. The molecule has 0 saturated carbocycles. The van der Waals surface area contributed by atoms with Gasteiger partial charge in [-0.25, -0.2) is 19.2 Å². The highest BCUT2D eigenvalue weighted by Crippen LogP contribution is 2.58. The third kappa shape index (κ3) is 4.09. The van der Waals surface area contributed by atoms with E-state index in [4.69, 9.17) is 18.9 Å². The maximum atomic E-state index is 13.4. The van der Waals surface area contributed by atoms with Gasteiger partial charge in [0.25, 0.3) is 22.2 Å². The van der Waals surface area contributed by atoms with E-state index < -0.39 is 44.9 Å². The van der Waals surface area contributed by atoms with Gasteiger partial charge >= 0.3 is 24.1 Å². The summed E-state index contributed by atoms with van der Waals surface area (Å²) < 4.78 is 22.5. The summed E-state index contributed by atoms with van der Waals surface area (Å²) >= 11 is 0. The molecule has 0 aliphatic carbocycles. The fourth-order valence-electron chi connectivity index (χ4n) is 10.5. The van der Waals surface area contributed by atoms with Crippen molar-refractivity contribution in [1.82, 2.24) is 59.6 Å². The molecule has 4 N–H and O–H groups in total. The maximum Gasteiger partial charge on any atom is 0.327 e. The van der Waals surface area contributed by atoms with E-state index in [1.807, 2.05) is 13.8 Å². The highest BCUT2D eigenvalue weighted by atomic mass is 16.5. The zero-order chi connectivity index (χ0) is 39.8. The Labute approximate surface area is 319 Å². The van der Waals surface area contributed by atoms with Gasteiger partial charge in [0.1, 0.15) is 53.8 Å². The zero-order valence-corrected chi connectivity index (χ0v) is 30.8. The zero-order valence-electron chi connectivity index (χ0n) is 30.8. The second-order valence-electron chi connectivity index (χ2n) is 15.4. The summed E-state index contributed by atoms with van der Waals surface area (Å²) in [6.07, 6.45) is 3.38. The Morgan fingerprint density at radius 1 is 0.421 bits per heavy atom. The lowest BCUT2D eigenvalue weighted by Crippen LogP contribution is -2.70. The number of hydrogen-bond donors (Lipinski definition) is 4. The van der Waals surface area contributed by atoms with Crippen LogP contribution in [0.5, 0.6) is 0 Å². The van der Waals surface area contributed by atoms with Gasteiger partial charge in [0.15, 0.2) is 22.7 Å². The predicted octanol–water partition coefficient (Wildman–Crippen LogP) is -0.761. The number of rotatable bonds is 6. The second kappa shape index (κ2) is 11.8. The van der Waals surface area contributed by atoms with Crippen LogP contribution in [0.1, 0.15) is 46.0 Å². The van der Waals surface area contributed by atoms with E-state index in [-0.39, 0.29) is 99.5 Å². The first kappa shape index (κ1) is 35.4. The lowest BCUT2D eigenvalue weighted by Gasteiger charge is -2.51. The van der Waals surface area contributed by atoms with Gasteiger partial charge in [-0.2, -0.15) is 0 Å². The summed E-state index contributed by atoms with van der Waals surface area (Å²) in [5.74, 6) is 0. The maximum absolute atomic E-state index is 13.4. The average Bonchev–Trinajstić information content (AvgIpc) is 3.72. The van der Waals surface area contributed by atoms with Gasteiger partial charge in [0.05, 0.1) is 21.5 Å². The average molecular weight is 795 g/mol. The highest BCUT2D eigenvalue weighted by Gasteiger charge is 2.79. The summed E-state index contributed by atoms with van der Waals surface area (Å²) in [4.78, 5) is 113. The van der Waals surface area contributed by atoms with E-state index in [0.29, 0.717) is 12.8 Å². The number of aromatic nitrogens is 4. The van der Waals surface area contributed by atoms with Gasteiger partial charge in [-0.3, -0.25) is 78.8 Å². The van der Waals surface area contributed by atoms with Gasteiger partial charge in [0, 0.05) is 0 Å². The van der Waals surface area contributed by atoms with Gasteiger partial charge in [-0.05, 0) is 51.7 Å². The lowest BCUT2D eigenvalue weighted by molar-refractivity contribution is -0.197. The summed E-state index contributed by atoms with van der Waals surface area (Å²) in [6, 6.07) is 1.66. The number of hydrogen-bond acceptors (Lipinski definition) is 12. The van der Waals surface area contributed by atoms with Gasteiger partial charge in [-0.1, -0.05) is 6.42 Å². The smallest absolute Gasteiger partial charge is 0.327 e. The molecule has 10 heterocycles. The van der Waals surface area contributed by atoms with Crippen LogP contribution in [0.2, 0.25) is 0 Å². The molecule has 0 bridgehead atoms. The van der Waals surface area contributed by atoms with Gasteiger partial charge in [-0.15, -0.1) is 0 Å². The van der Waals surface area contributed by atoms with E-state index in [2.05, 4.69) is 20.4 Å². The van der Waals surface area contributed by atoms with E-state index in [1.165, 1.54) is 12.1 Å². The van der Waals surface area contributed by atoms with Crippen LogP contribution in [0.4, 0.5) is 19.2 Å². The fourth-order valence-corrected chi connectivity index (χ4v) is 10.5. The Balaban J connectivity index is 0.000000184. The van der Waals surface area contributed by atoms with Crippen LogP contribution < -0.4 is 22.2 Å². The molecule has 8 saturated heterocycles. The van der Waals surface area contributed by atoms with Crippen LogP contribution in [0.15, 0.2) is 31.3 Å². The van der Waals surface area contributed by atoms with Crippen LogP contribution in [-0.2, 0) is 18.9 Å². The molecule has 2 aromatic heterocycles. The number of urea groups is 4. The molecule has 24 heteroatoms. The van der Waals surface area contributed by atoms with Crippen molar-refractivity contribution in [1.29, 1.82) is 0 Å². The van der Waals surface area contributed by atoms with Crippen molar-refractivity contribution < 1.29 is 38.1 Å². The minimum absolute atomic E-state index is 0.0577. The lowest BCUT2D eigenvalue weighted by atomic mass is 9.85. The van der Waals surface area contributed by atoms with Crippen LogP contribution in [0.3, 0.4) is 0 Å². The summed E-state index contributed by atoms with van der Waals surface area (Å²) in [7, 11) is 0. The number of carbonyl (C=O) groups excluding carboxylic acids is 4. The van der Waals surface area contributed by atoms with Crippen LogP contribution in [0, 0.1) is 0 Å². The molecule has 0 unspecified atom stereocenters. The first-order valence-electron chi connectivity index (χ1n) is 18.4. The number of aromatic amines is 4. The molecule has 8 fully saturated rings. The first-order valence-corrected chi connectivity index (χ1v) is 18.4. The van der Waals surface area contributed by atoms with Crippen molar-refractivity contribution >= 4 is 45.7 Å². The molecule has 8 aliphatic heterocycles. The third-order valence-corrected chi connectivity index (χ3v) is 13.3. The summed E-state index contributed by atoms with van der Waals surface area (Å²) in [5.41, 5.74) is -5.58. The molecular weight excluding hydrogens is 756 g/mol.